The fourth-order valence-electron chi connectivity index (χ4n) is 1.54. The van der Waals surface area contributed by atoms with Crippen molar-refractivity contribution in [2.75, 3.05) is 58.3 Å². The Balaban J connectivity index is 2.26. The number of anilines is 2. The molecule has 0 heterocycles. The highest BCUT2D eigenvalue weighted by Crippen LogP contribution is 2.26. The molecule has 0 atom stereocenters. The van der Waals surface area contributed by atoms with Gasteiger partial charge in [0.05, 0.1) is 39.2 Å². The first kappa shape index (κ1) is 17.2. The molecular weight excluding hydrogens is 276 g/mol. The second-order valence-electron chi connectivity index (χ2n) is 4.17. The van der Waals surface area contributed by atoms with Gasteiger partial charge in [-0.1, -0.05) is 0 Å². The molecule has 0 unspecified atom stereocenters. The van der Waals surface area contributed by atoms with Gasteiger partial charge in [0.2, 0.25) is 5.91 Å². The minimum atomic E-state index is -0.282. The molecule has 3 N–H and O–H groups in total. The number of carbonyl (C=O) groups is 1. The smallest absolute Gasteiger partial charge is 0.250 e. The third kappa shape index (κ3) is 6.94. The van der Waals surface area contributed by atoms with Gasteiger partial charge in [-0.3, -0.25) is 4.79 Å². The molecule has 0 fully saturated rings. The SMILES string of the molecule is COCCOCCOCC(=O)Nc1cc(N)ccc1OC. The summed E-state index contributed by atoms with van der Waals surface area (Å²) < 4.78 is 20.4. The van der Waals surface area contributed by atoms with Crippen molar-refractivity contribution in [3.63, 3.8) is 0 Å². The molecule has 1 rings (SSSR count). The van der Waals surface area contributed by atoms with Crippen LogP contribution in [0.4, 0.5) is 11.4 Å². The fraction of sp³-hybridized carbons (Fsp3) is 0.500. The zero-order valence-electron chi connectivity index (χ0n) is 12.4. The summed E-state index contributed by atoms with van der Waals surface area (Å²) in [6.45, 7) is 1.73. The van der Waals surface area contributed by atoms with Crippen molar-refractivity contribution in [2.24, 2.45) is 0 Å². The molecule has 0 saturated carbocycles. The molecule has 1 aromatic rings. The molecule has 1 aromatic carbocycles. The number of hydrogen-bond acceptors (Lipinski definition) is 6. The van der Waals surface area contributed by atoms with Crippen molar-refractivity contribution in [1.82, 2.24) is 0 Å². The number of benzene rings is 1. The van der Waals surface area contributed by atoms with Crippen molar-refractivity contribution in [2.45, 2.75) is 0 Å². The lowest BCUT2D eigenvalue weighted by molar-refractivity contribution is -0.121. The predicted octanol–water partition coefficient (Wildman–Crippen LogP) is 0.896. The Hall–Kier alpha value is -1.83. The molecule has 0 aromatic heterocycles. The number of methoxy groups -OCH3 is 2. The molecule has 0 radical (unpaired) electrons. The molecule has 0 saturated heterocycles. The van der Waals surface area contributed by atoms with Crippen molar-refractivity contribution >= 4 is 17.3 Å². The van der Waals surface area contributed by atoms with Crippen LogP contribution in [-0.4, -0.2) is 53.2 Å². The van der Waals surface area contributed by atoms with Crippen LogP contribution in [0.3, 0.4) is 0 Å². The van der Waals surface area contributed by atoms with Crippen LogP contribution in [0.25, 0.3) is 0 Å². The number of rotatable bonds is 10. The summed E-state index contributed by atoms with van der Waals surface area (Å²) in [6.07, 6.45) is 0. The predicted molar refractivity (Wildman–Crippen MR) is 79.6 cm³/mol. The van der Waals surface area contributed by atoms with E-state index in [9.17, 15) is 4.79 Å². The van der Waals surface area contributed by atoms with Crippen LogP contribution >= 0.6 is 0 Å². The maximum atomic E-state index is 11.7. The van der Waals surface area contributed by atoms with E-state index >= 15 is 0 Å². The number of nitrogens with two attached hydrogens (primary N) is 1. The molecule has 7 heteroatoms. The second kappa shape index (κ2) is 9.98. The van der Waals surface area contributed by atoms with Gasteiger partial charge in [-0.05, 0) is 18.2 Å². The monoisotopic (exact) mass is 298 g/mol. The third-order valence-corrected chi connectivity index (χ3v) is 2.53. The topological polar surface area (TPSA) is 92.0 Å². The lowest BCUT2D eigenvalue weighted by Gasteiger charge is -2.11. The van der Waals surface area contributed by atoms with Gasteiger partial charge in [0.15, 0.2) is 0 Å². The summed E-state index contributed by atoms with van der Waals surface area (Å²) in [7, 11) is 3.13. The lowest BCUT2D eigenvalue weighted by atomic mass is 10.2. The van der Waals surface area contributed by atoms with Crippen molar-refractivity contribution in [1.29, 1.82) is 0 Å². The van der Waals surface area contributed by atoms with Crippen LogP contribution in [0, 0.1) is 0 Å². The number of nitrogen functional groups attached to an aromatic ring is 1. The summed E-state index contributed by atoms with van der Waals surface area (Å²) in [4.78, 5) is 11.7. The Morgan fingerprint density at radius 1 is 1.14 bits per heavy atom. The van der Waals surface area contributed by atoms with E-state index in [-0.39, 0.29) is 12.5 Å². The van der Waals surface area contributed by atoms with E-state index in [0.717, 1.165) is 0 Å². The third-order valence-electron chi connectivity index (χ3n) is 2.53. The first-order valence-corrected chi connectivity index (χ1v) is 6.55. The van der Waals surface area contributed by atoms with E-state index in [1.54, 1.807) is 25.3 Å². The first-order valence-electron chi connectivity index (χ1n) is 6.55. The van der Waals surface area contributed by atoms with Gasteiger partial charge in [-0.25, -0.2) is 0 Å². The average molecular weight is 298 g/mol. The van der Waals surface area contributed by atoms with Crippen molar-refractivity contribution in [3.05, 3.63) is 18.2 Å². The van der Waals surface area contributed by atoms with E-state index in [2.05, 4.69) is 5.32 Å². The van der Waals surface area contributed by atoms with Crippen LogP contribution in [-0.2, 0) is 19.0 Å². The highest BCUT2D eigenvalue weighted by molar-refractivity contribution is 5.93. The normalized spacial score (nSPS) is 10.4. The molecule has 0 aliphatic carbocycles. The Morgan fingerprint density at radius 3 is 2.57 bits per heavy atom. The number of nitrogens with one attached hydrogen (secondary N) is 1. The van der Waals surface area contributed by atoms with Crippen molar-refractivity contribution < 1.29 is 23.7 Å². The lowest BCUT2D eigenvalue weighted by Crippen LogP contribution is -2.20. The Kier molecular flexibility index (Phi) is 8.18. The molecule has 0 aliphatic rings. The van der Waals surface area contributed by atoms with E-state index in [1.165, 1.54) is 7.11 Å². The van der Waals surface area contributed by atoms with Gasteiger partial charge in [0, 0.05) is 12.8 Å². The van der Waals surface area contributed by atoms with Crippen LogP contribution in [0.1, 0.15) is 0 Å². The van der Waals surface area contributed by atoms with Gasteiger partial charge in [-0.2, -0.15) is 0 Å². The zero-order valence-corrected chi connectivity index (χ0v) is 12.4. The van der Waals surface area contributed by atoms with E-state index in [1.807, 2.05) is 0 Å². The Morgan fingerprint density at radius 2 is 1.86 bits per heavy atom. The summed E-state index contributed by atoms with van der Waals surface area (Å²) in [5.41, 5.74) is 6.73. The second-order valence-corrected chi connectivity index (χ2v) is 4.17. The van der Waals surface area contributed by atoms with E-state index < -0.39 is 0 Å². The molecule has 0 bridgehead atoms. The van der Waals surface area contributed by atoms with Crippen LogP contribution in [0.2, 0.25) is 0 Å². The van der Waals surface area contributed by atoms with Crippen molar-refractivity contribution in [3.8, 4) is 5.75 Å². The Bertz CT molecular complexity index is 439. The molecule has 118 valence electrons. The van der Waals surface area contributed by atoms with Gasteiger partial charge in [0.25, 0.3) is 0 Å². The van der Waals surface area contributed by atoms with E-state index in [0.29, 0.717) is 43.6 Å². The number of carbonyl (C=O) groups excluding carboxylic acids is 1. The van der Waals surface area contributed by atoms with Crippen LogP contribution < -0.4 is 15.8 Å². The number of amides is 1. The molecule has 1 amide bonds. The summed E-state index contributed by atoms with van der Waals surface area (Å²) in [5.74, 6) is 0.260. The van der Waals surface area contributed by atoms with Gasteiger partial charge in [0.1, 0.15) is 12.4 Å². The molecule has 21 heavy (non-hydrogen) atoms. The van der Waals surface area contributed by atoms with Gasteiger partial charge in [-0.15, -0.1) is 0 Å². The maximum Gasteiger partial charge on any atom is 0.250 e. The Labute approximate surface area is 124 Å². The summed E-state index contributed by atoms with van der Waals surface area (Å²) in [5, 5.41) is 2.68. The first-order chi connectivity index (χ1) is 10.2. The number of ether oxygens (including phenoxy) is 4. The highest BCUT2D eigenvalue weighted by atomic mass is 16.5. The molecule has 7 nitrogen and oxygen atoms in total. The molecular formula is C14H22N2O5. The minimum Gasteiger partial charge on any atom is -0.495 e. The minimum absolute atomic E-state index is 0.0639. The van der Waals surface area contributed by atoms with Gasteiger partial charge < -0.3 is 30.0 Å². The quantitative estimate of drug-likeness (QED) is 0.492. The highest BCUT2D eigenvalue weighted by Gasteiger charge is 2.08. The molecule has 0 spiro atoms. The largest absolute Gasteiger partial charge is 0.495 e. The average Bonchev–Trinajstić information content (AvgIpc) is 2.46. The van der Waals surface area contributed by atoms with E-state index in [4.69, 9.17) is 24.7 Å². The molecule has 0 aliphatic heterocycles. The van der Waals surface area contributed by atoms with Crippen LogP contribution in [0.5, 0.6) is 5.75 Å². The maximum absolute atomic E-state index is 11.7. The van der Waals surface area contributed by atoms with Crippen LogP contribution in [0.15, 0.2) is 18.2 Å². The summed E-state index contributed by atoms with van der Waals surface area (Å²) >= 11 is 0. The summed E-state index contributed by atoms with van der Waals surface area (Å²) in [6, 6.07) is 5.02. The van der Waals surface area contributed by atoms with Gasteiger partial charge >= 0.3 is 0 Å². The number of hydrogen-bond donors (Lipinski definition) is 2. The zero-order chi connectivity index (χ0) is 15.5. The standard InChI is InChI=1S/C14H22N2O5/c1-18-5-6-20-7-8-21-10-14(17)16-12-9-11(15)3-4-13(12)19-2/h3-4,9H,5-8,10,15H2,1-2H3,(H,16,17). The fourth-order valence-corrected chi connectivity index (χ4v) is 1.54.